The minimum absolute atomic E-state index is 0.347. The molecule has 0 aliphatic heterocycles. The zero-order valence-electron chi connectivity index (χ0n) is 15.5. The first-order valence-electron chi connectivity index (χ1n) is 8.33. The van der Waals surface area contributed by atoms with Crippen molar-refractivity contribution in [2.75, 3.05) is 21.3 Å². The van der Waals surface area contributed by atoms with E-state index in [1.807, 2.05) is 24.3 Å². The first-order chi connectivity index (χ1) is 13.7. The summed E-state index contributed by atoms with van der Waals surface area (Å²) in [5.74, 6) is 2.94. The standard InChI is InChI=1S/C19H17N3O5S/c1-23-14-8-11(9-15(24-2)17(14)25-3)18-21-22-19(27-18)28-10-16-20-12-6-4-5-7-13(12)26-16/h4-9H,10H2,1-3H3. The number of thioether (sulfide) groups is 1. The van der Waals surface area contributed by atoms with Crippen molar-refractivity contribution in [2.24, 2.45) is 0 Å². The molecule has 8 nitrogen and oxygen atoms in total. The maximum Gasteiger partial charge on any atom is 0.277 e. The van der Waals surface area contributed by atoms with Crippen molar-refractivity contribution in [3.05, 3.63) is 42.3 Å². The topological polar surface area (TPSA) is 92.6 Å². The molecule has 144 valence electrons. The van der Waals surface area contributed by atoms with E-state index in [1.54, 1.807) is 33.5 Å². The Morgan fingerprint density at radius 1 is 0.929 bits per heavy atom. The Morgan fingerprint density at radius 3 is 2.36 bits per heavy atom. The zero-order valence-corrected chi connectivity index (χ0v) is 16.3. The number of rotatable bonds is 7. The number of benzene rings is 2. The fourth-order valence-electron chi connectivity index (χ4n) is 2.69. The summed E-state index contributed by atoms with van der Waals surface area (Å²) in [7, 11) is 4.65. The fraction of sp³-hybridized carbons (Fsp3) is 0.211. The van der Waals surface area contributed by atoms with Gasteiger partial charge in [-0.3, -0.25) is 0 Å². The number of hydrogen-bond donors (Lipinski definition) is 0. The summed E-state index contributed by atoms with van der Waals surface area (Å²) in [6, 6.07) is 11.1. The van der Waals surface area contributed by atoms with Gasteiger partial charge in [0, 0.05) is 5.56 Å². The average molecular weight is 399 g/mol. The summed E-state index contributed by atoms with van der Waals surface area (Å²) in [4.78, 5) is 4.43. The lowest BCUT2D eigenvalue weighted by molar-refractivity contribution is 0.324. The molecule has 2 heterocycles. The van der Waals surface area contributed by atoms with E-state index in [9.17, 15) is 0 Å². The first-order valence-corrected chi connectivity index (χ1v) is 9.31. The van der Waals surface area contributed by atoms with Gasteiger partial charge in [-0.25, -0.2) is 4.98 Å². The lowest BCUT2D eigenvalue weighted by Crippen LogP contribution is -1.95. The number of hydrogen-bond acceptors (Lipinski definition) is 9. The van der Waals surface area contributed by atoms with Gasteiger partial charge in [-0.15, -0.1) is 10.2 Å². The SMILES string of the molecule is COc1cc(-c2nnc(SCc3nc4ccccc4o3)o2)cc(OC)c1OC. The third-order valence-corrected chi connectivity index (χ3v) is 4.78. The maximum atomic E-state index is 5.76. The highest BCUT2D eigenvalue weighted by Crippen LogP contribution is 2.41. The van der Waals surface area contributed by atoms with Gasteiger partial charge in [-0.1, -0.05) is 23.9 Å². The second-order valence-electron chi connectivity index (χ2n) is 5.65. The second kappa shape index (κ2) is 7.81. The van der Waals surface area contributed by atoms with Gasteiger partial charge in [0.05, 0.1) is 27.1 Å². The third-order valence-electron chi connectivity index (χ3n) is 3.98. The molecular formula is C19H17N3O5S. The van der Waals surface area contributed by atoms with Gasteiger partial charge in [0.15, 0.2) is 17.1 Å². The van der Waals surface area contributed by atoms with E-state index in [2.05, 4.69) is 15.2 Å². The van der Waals surface area contributed by atoms with Crippen LogP contribution in [0.2, 0.25) is 0 Å². The highest BCUT2D eigenvalue weighted by molar-refractivity contribution is 7.98. The molecule has 0 fully saturated rings. The van der Waals surface area contributed by atoms with Crippen molar-refractivity contribution in [1.82, 2.24) is 15.2 Å². The summed E-state index contributed by atoms with van der Waals surface area (Å²) < 4.78 is 27.5. The van der Waals surface area contributed by atoms with Crippen LogP contribution in [0.5, 0.6) is 17.2 Å². The number of aromatic nitrogens is 3. The predicted octanol–water partition coefficient (Wildman–Crippen LogP) is 4.20. The smallest absolute Gasteiger partial charge is 0.277 e. The molecule has 0 spiro atoms. The monoisotopic (exact) mass is 399 g/mol. The molecule has 0 saturated carbocycles. The van der Waals surface area contributed by atoms with Crippen LogP contribution in [0.4, 0.5) is 0 Å². The van der Waals surface area contributed by atoms with Gasteiger partial charge in [-0.05, 0) is 24.3 Å². The average Bonchev–Trinajstić information content (AvgIpc) is 3.37. The van der Waals surface area contributed by atoms with Crippen LogP contribution in [0.3, 0.4) is 0 Å². The number of oxazole rings is 1. The van der Waals surface area contributed by atoms with Crippen molar-refractivity contribution < 1.29 is 23.0 Å². The van der Waals surface area contributed by atoms with Gasteiger partial charge in [-0.2, -0.15) is 0 Å². The van der Waals surface area contributed by atoms with Crippen molar-refractivity contribution in [3.8, 4) is 28.7 Å². The summed E-state index contributed by atoms with van der Waals surface area (Å²) in [5.41, 5.74) is 2.24. The molecule has 0 atom stereocenters. The number of methoxy groups -OCH3 is 3. The van der Waals surface area contributed by atoms with E-state index in [1.165, 1.54) is 11.8 Å². The van der Waals surface area contributed by atoms with E-state index in [-0.39, 0.29) is 0 Å². The second-order valence-corrected chi connectivity index (χ2v) is 6.58. The number of ether oxygens (including phenoxy) is 3. The first kappa shape index (κ1) is 18.2. The summed E-state index contributed by atoms with van der Waals surface area (Å²) >= 11 is 1.35. The van der Waals surface area contributed by atoms with E-state index < -0.39 is 0 Å². The molecule has 4 aromatic rings. The van der Waals surface area contributed by atoms with E-state index in [4.69, 9.17) is 23.0 Å². The minimum Gasteiger partial charge on any atom is -0.493 e. The summed E-state index contributed by atoms with van der Waals surface area (Å²) in [6.45, 7) is 0. The fourth-order valence-corrected chi connectivity index (χ4v) is 3.30. The Labute approximate surface area is 164 Å². The zero-order chi connectivity index (χ0) is 19.5. The largest absolute Gasteiger partial charge is 0.493 e. The number of fused-ring (bicyclic) bond motifs is 1. The molecule has 0 radical (unpaired) electrons. The van der Waals surface area contributed by atoms with E-state index >= 15 is 0 Å². The lowest BCUT2D eigenvalue weighted by Gasteiger charge is -2.12. The normalized spacial score (nSPS) is 11.0. The third kappa shape index (κ3) is 3.48. The molecule has 0 aliphatic carbocycles. The van der Waals surface area contributed by atoms with Crippen molar-refractivity contribution >= 4 is 22.9 Å². The van der Waals surface area contributed by atoms with Gasteiger partial charge in [0.1, 0.15) is 5.52 Å². The Hall–Kier alpha value is -3.20. The number of para-hydroxylation sites is 2. The van der Waals surface area contributed by atoms with Gasteiger partial charge in [0.2, 0.25) is 17.5 Å². The summed E-state index contributed by atoms with van der Waals surface area (Å²) in [6.07, 6.45) is 0. The van der Waals surface area contributed by atoms with Crippen LogP contribution >= 0.6 is 11.8 Å². The van der Waals surface area contributed by atoms with E-state index in [0.29, 0.717) is 45.6 Å². The van der Waals surface area contributed by atoms with Crippen LogP contribution in [0.15, 0.2) is 50.5 Å². The minimum atomic E-state index is 0.347. The van der Waals surface area contributed by atoms with Gasteiger partial charge in [0.25, 0.3) is 5.22 Å². The number of nitrogens with zero attached hydrogens (tertiary/aromatic N) is 3. The maximum absolute atomic E-state index is 5.76. The van der Waals surface area contributed by atoms with Crippen molar-refractivity contribution in [3.63, 3.8) is 0 Å². The predicted molar refractivity (Wildman–Crippen MR) is 103 cm³/mol. The Kier molecular flexibility index (Phi) is 5.07. The van der Waals surface area contributed by atoms with E-state index in [0.717, 1.165) is 11.1 Å². The van der Waals surface area contributed by atoms with Crippen LogP contribution in [0.25, 0.3) is 22.6 Å². The van der Waals surface area contributed by atoms with Gasteiger partial charge < -0.3 is 23.0 Å². The molecule has 0 amide bonds. The van der Waals surface area contributed by atoms with Crippen LogP contribution in [0.1, 0.15) is 5.89 Å². The molecule has 9 heteroatoms. The van der Waals surface area contributed by atoms with Crippen molar-refractivity contribution in [2.45, 2.75) is 11.0 Å². The molecule has 0 aliphatic rings. The Morgan fingerprint density at radius 2 is 1.68 bits per heavy atom. The molecule has 2 aromatic heterocycles. The van der Waals surface area contributed by atoms with Crippen molar-refractivity contribution in [1.29, 1.82) is 0 Å². The molecule has 0 saturated heterocycles. The Bertz CT molecular complexity index is 1050. The quantitative estimate of drug-likeness (QED) is 0.424. The van der Waals surface area contributed by atoms with Crippen LogP contribution in [0, 0.1) is 0 Å². The molecule has 4 rings (SSSR count). The molecule has 2 aromatic carbocycles. The summed E-state index contributed by atoms with van der Waals surface area (Å²) in [5, 5.41) is 8.59. The highest BCUT2D eigenvalue weighted by atomic mass is 32.2. The molecule has 0 bridgehead atoms. The van der Waals surface area contributed by atoms with Gasteiger partial charge >= 0.3 is 0 Å². The van der Waals surface area contributed by atoms with Crippen LogP contribution < -0.4 is 14.2 Å². The Balaban J connectivity index is 1.54. The molecule has 28 heavy (non-hydrogen) atoms. The molecular weight excluding hydrogens is 382 g/mol. The lowest BCUT2D eigenvalue weighted by atomic mass is 10.2. The highest BCUT2D eigenvalue weighted by Gasteiger charge is 2.18. The molecule has 0 N–H and O–H groups in total. The van der Waals surface area contributed by atoms with Crippen LogP contribution in [-0.4, -0.2) is 36.5 Å². The molecule has 0 unspecified atom stereocenters. The van der Waals surface area contributed by atoms with Crippen LogP contribution in [-0.2, 0) is 5.75 Å².